The van der Waals surface area contributed by atoms with Gasteiger partial charge >= 0.3 is 5.97 Å². The number of carbonyl (C=O) groups excluding carboxylic acids is 2. The van der Waals surface area contributed by atoms with Gasteiger partial charge in [0.05, 0.1) is 6.61 Å². The Balaban J connectivity index is 1.69. The summed E-state index contributed by atoms with van der Waals surface area (Å²) in [6.07, 6.45) is 0. The first-order valence-electron chi connectivity index (χ1n) is 8.82. The smallest absolute Gasteiger partial charge is 0.341 e. The number of amides is 1. The predicted octanol–water partition coefficient (Wildman–Crippen LogP) is 3.96. The second-order valence-corrected chi connectivity index (χ2v) is 8.02. The Labute approximate surface area is 174 Å². The van der Waals surface area contributed by atoms with E-state index in [1.807, 2.05) is 42.8 Å². The lowest BCUT2D eigenvalue weighted by atomic mass is 10.1. The van der Waals surface area contributed by atoms with Crippen LogP contribution in [-0.4, -0.2) is 38.1 Å². The molecule has 4 rings (SSSR count). The molecule has 4 heterocycles. The van der Waals surface area contributed by atoms with E-state index < -0.39 is 11.9 Å². The molecule has 29 heavy (non-hydrogen) atoms. The van der Waals surface area contributed by atoms with Gasteiger partial charge in [-0.15, -0.1) is 27.8 Å². The Morgan fingerprint density at radius 2 is 2.07 bits per heavy atom. The van der Waals surface area contributed by atoms with Gasteiger partial charge in [-0.25, -0.2) is 14.3 Å². The summed E-state index contributed by atoms with van der Waals surface area (Å²) in [6.45, 7) is 5.70. The lowest BCUT2D eigenvalue weighted by Crippen LogP contribution is -2.16. The van der Waals surface area contributed by atoms with Gasteiger partial charge < -0.3 is 10.1 Å². The maximum atomic E-state index is 12.8. The third-order valence-corrected chi connectivity index (χ3v) is 5.90. The fourth-order valence-electron chi connectivity index (χ4n) is 2.89. The summed E-state index contributed by atoms with van der Waals surface area (Å²) in [5, 5.41) is 11.2. The Bertz CT molecular complexity index is 1210. The number of esters is 1. The molecule has 0 aromatic carbocycles. The minimum atomic E-state index is -0.516. The van der Waals surface area contributed by atoms with Crippen LogP contribution in [0.3, 0.4) is 0 Å². The van der Waals surface area contributed by atoms with E-state index in [1.54, 1.807) is 6.92 Å². The van der Waals surface area contributed by atoms with Crippen LogP contribution in [0.25, 0.3) is 16.2 Å². The highest BCUT2D eigenvalue weighted by Crippen LogP contribution is 2.38. The molecule has 0 bridgehead atoms. The lowest BCUT2D eigenvalue weighted by molar-refractivity contribution is 0.0529. The second kappa shape index (κ2) is 7.72. The topological polar surface area (TPSA) is 98.5 Å². The van der Waals surface area contributed by atoms with Crippen molar-refractivity contribution < 1.29 is 14.3 Å². The first-order chi connectivity index (χ1) is 14.0. The number of ether oxygens (including phenoxy) is 1. The van der Waals surface area contributed by atoms with Crippen LogP contribution < -0.4 is 5.32 Å². The number of aromatic nitrogens is 4. The number of thiophene rings is 2. The van der Waals surface area contributed by atoms with Gasteiger partial charge in [0.15, 0.2) is 0 Å². The van der Waals surface area contributed by atoms with Gasteiger partial charge in [0.25, 0.3) is 11.7 Å². The molecule has 0 aliphatic rings. The summed E-state index contributed by atoms with van der Waals surface area (Å²) in [5.74, 6) is -0.669. The molecular formula is C19H17N5O3S2. The summed E-state index contributed by atoms with van der Waals surface area (Å²) in [6, 6.07) is 5.68. The van der Waals surface area contributed by atoms with Crippen molar-refractivity contribution in [2.45, 2.75) is 20.8 Å². The number of fused-ring (bicyclic) bond motifs is 1. The van der Waals surface area contributed by atoms with Crippen molar-refractivity contribution in [1.29, 1.82) is 0 Å². The van der Waals surface area contributed by atoms with Gasteiger partial charge in [0.1, 0.15) is 10.6 Å². The molecule has 1 N–H and O–H groups in total. The maximum Gasteiger partial charge on any atom is 0.341 e. The number of rotatable bonds is 5. The normalized spacial score (nSPS) is 11.0. The fourth-order valence-corrected chi connectivity index (χ4v) is 4.66. The molecule has 0 unspecified atom stereocenters. The third kappa shape index (κ3) is 3.64. The minimum Gasteiger partial charge on any atom is -0.462 e. The van der Waals surface area contributed by atoms with Crippen LogP contribution in [0.4, 0.5) is 5.00 Å². The molecule has 0 fully saturated rings. The van der Waals surface area contributed by atoms with Crippen molar-refractivity contribution in [2.24, 2.45) is 0 Å². The number of nitrogens with one attached hydrogen (secondary N) is 1. The number of carbonyl (C=O) groups is 2. The van der Waals surface area contributed by atoms with Crippen molar-refractivity contribution >= 4 is 45.3 Å². The Morgan fingerprint density at radius 3 is 2.79 bits per heavy atom. The van der Waals surface area contributed by atoms with Crippen LogP contribution in [0.15, 0.2) is 29.0 Å². The first kappa shape index (κ1) is 19.2. The zero-order chi connectivity index (χ0) is 20.5. The number of hydrogen-bond donors (Lipinski definition) is 1. The van der Waals surface area contributed by atoms with Crippen molar-refractivity contribution in [2.75, 3.05) is 11.9 Å². The molecule has 8 nitrogen and oxygen atoms in total. The van der Waals surface area contributed by atoms with E-state index in [4.69, 9.17) is 4.74 Å². The molecule has 0 saturated carbocycles. The first-order valence-corrected chi connectivity index (χ1v) is 10.6. The van der Waals surface area contributed by atoms with Gasteiger partial charge in [-0.1, -0.05) is 6.07 Å². The summed E-state index contributed by atoms with van der Waals surface area (Å²) >= 11 is 2.77. The molecular weight excluding hydrogens is 410 g/mol. The van der Waals surface area contributed by atoms with Gasteiger partial charge in [-0.2, -0.15) is 4.98 Å². The zero-order valence-electron chi connectivity index (χ0n) is 15.9. The van der Waals surface area contributed by atoms with Crippen LogP contribution >= 0.6 is 22.7 Å². The molecule has 0 spiro atoms. The van der Waals surface area contributed by atoms with Crippen LogP contribution in [0.1, 0.15) is 39.3 Å². The fraction of sp³-hybridized carbons (Fsp3) is 0.211. The lowest BCUT2D eigenvalue weighted by Gasteiger charge is -2.06. The van der Waals surface area contributed by atoms with Crippen molar-refractivity contribution in [1.82, 2.24) is 19.6 Å². The largest absolute Gasteiger partial charge is 0.462 e. The van der Waals surface area contributed by atoms with Crippen molar-refractivity contribution in [3.05, 3.63) is 51.7 Å². The summed E-state index contributed by atoms with van der Waals surface area (Å²) in [7, 11) is 0. The minimum absolute atomic E-state index is 0.0212. The average molecular weight is 428 g/mol. The highest BCUT2D eigenvalue weighted by atomic mass is 32.1. The molecule has 10 heteroatoms. The molecule has 4 aromatic rings. The maximum absolute atomic E-state index is 12.8. The molecule has 0 atom stereocenters. The quantitative estimate of drug-likeness (QED) is 0.484. The predicted molar refractivity (Wildman–Crippen MR) is 112 cm³/mol. The number of hydrogen-bond acceptors (Lipinski definition) is 8. The van der Waals surface area contributed by atoms with E-state index in [2.05, 4.69) is 20.4 Å². The van der Waals surface area contributed by atoms with E-state index in [0.717, 1.165) is 21.8 Å². The summed E-state index contributed by atoms with van der Waals surface area (Å²) in [5.41, 5.74) is 2.68. The van der Waals surface area contributed by atoms with E-state index in [9.17, 15) is 9.59 Å². The number of aryl methyl sites for hydroxylation is 2. The molecule has 4 aromatic heterocycles. The Kier molecular flexibility index (Phi) is 5.12. The van der Waals surface area contributed by atoms with Crippen LogP contribution in [0.2, 0.25) is 0 Å². The second-order valence-electron chi connectivity index (χ2n) is 6.19. The standard InChI is InChI=1S/C19H17N5O3S2/c1-4-27-18(26)14-12(13-6-5-7-28-13)9-29-17(14)22-16(25)15-21-19-20-10(2)8-11(3)24(19)23-15/h5-9H,4H2,1-3H3,(H,22,25). The van der Waals surface area contributed by atoms with Crippen LogP contribution in [0, 0.1) is 13.8 Å². The number of nitrogens with zero attached hydrogens (tertiary/aromatic N) is 4. The molecule has 0 radical (unpaired) electrons. The van der Waals surface area contributed by atoms with Gasteiger partial charge in [-0.3, -0.25) is 4.79 Å². The van der Waals surface area contributed by atoms with E-state index in [1.165, 1.54) is 27.2 Å². The van der Waals surface area contributed by atoms with Crippen molar-refractivity contribution in [3.8, 4) is 10.4 Å². The van der Waals surface area contributed by atoms with E-state index >= 15 is 0 Å². The van der Waals surface area contributed by atoms with E-state index in [-0.39, 0.29) is 12.4 Å². The van der Waals surface area contributed by atoms with Crippen LogP contribution in [0.5, 0.6) is 0 Å². The van der Waals surface area contributed by atoms with Gasteiger partial charge in [0.2, 0.25) is 5.82 Å². The van der Waals surface area contributed by atoms with Crippen molar-refractivity contribution in [3.63, 3.8) is 0 Å². The zero-order valence-corrected chi connectivity index (χ0v) is 17.6. The highest BCUT2D eigenvalue weighted by Gasteiger charge is 2.25. The number of anilines is 1. The van der Waals surface area contributed by atoms with E-state index in [0.29, 0.717) is 16.3 Å². The highest BCUT2D eigenvalue weighted by molar-refractivity contribution is 7.17. The Morgan fingerprint density at radius 1 is 1.24 bits per heavy atom. The average Bonchev–Trinajstić information content (AvgIpc) is 3.40. The SMILES string of the molecule is CCOC(=O)c1c(-c2cccs2)csc1NC(=O)c1nc2nc(C)cc(C)n2n1. The third-order valence-electron chi connectivity index (χ3n) is 4.11. The Hall–Kier alpha value is -3.11. The van der Waals surface area contributed by atoms with Gasteiger partial charge in [0, 0.05) is 27.2 Å². The molecule has 148 valence electrons. The summed E-state index contributed by atoms with van der Waals surface area (Å²) in [4.78, 5) is 34.8. The summed E-state index contributed by atoms with van der Waals surface area (Å²) < 4.78 is 6.72. The van der Waals surface area contributed by atoms with Crippen LogP contribution in [-0.2, 0) is 4.74 Å². The van der Waals surface area contributed by atoms with Gasteiger partial charge in [-0.05, 0) is 38.3 Å². The molecule has 0 aliphatic heterocycles. The molecule has 1 amide bonds. The molecule has 0 saturated heterocycles. The monoisotopic (exact) mass is 427 g/mol. The molecule has 0 aliphatic carbocycles.